The van der Waals surface area contributed by atoms with Crippen molar-refractivity contribution in [2.45, 2.75) is 25.5 Å². The molecule has 1 heterocycles. The molecule has 1 aliphatic heterocycles. The Morgan fingerprint density at radius 3 is 2.71 bits per heavy atom. The van der Waals surface area contributed by atoms with Crippen LogP contribution in [0.4, 0.5) is 5.69 Å². The quantitative estimate of drug-likeness (QED) is 0.744. The topological polar surface area (TPSA) is 66.5 Å². The molecule has 2 aromatic rings. The molecule has 0 radical (unpaired) electrons. The smallest absolute Gasteiger partial charge is 0.228 e. The number of nitrogens with one attached hydrogen (secondary N) is 1. The van der Waals surface area contributed by atoms with Gasteiger partial charge < -0.3 is 5.32 Å². The highest BCUT2D eigenvalue weighted by Gasteiger charge is 2.32. The summed E-state index contributed by atoms with van der Waals surface area (Å²) in [5, 5.41) is 3.67. The number of carbonyl (C=O) groups excluding carboxylic acids is 1. The van der Waals surface area contributed by atoms with Crippen molar-refractivity contribution >= 4 is 44.8 Å². The molecular weight excluding hydrogens is 419 g/mol. The van der Waals surface area contributed by atoms with Crippen molar-refractivity contribution in [3.8, 4) is 0 Å². The van der Waals surface area contributed by atoms with Gasteiger partial charge in [-0.3, -0.25) is 4.79 Å². The monoisotopic (exact) mass is 440 g/mol. The third kappa shape index (κ3) is 5.26. The number of sulfonamides is 1. The minimum Gasteiger partial charge on any atom is -0.326 e. The summed E-state index contributed by atoms with van der Waals surface area (Å²) >= 11 is 12.0. The van der Waals surface area contributed by atoms with Crippen LogP contribution in [0.3, 0.4) is 0 Å². The second-order valence-corrected chi connectivity index (χ2v) is 9.86. The summed E-state index contributed by atoms with van der Waals surface area (Å²) in [6.45, 7) is 2.53. The van der Waals surface area contributed by atoms with Crippen molar-refractivity contribution < 1.29 is 13.2 Å². The zero-order chi connectivity index (χ0) is 20.3. The van der Waals surface area contributed by atoms with E-state index in [2.05, 4.69) is 5.32 Å². The summed E-state index contributed by atoms with van der Waals surface area (Å²) in [4.78, 5) is 12.6. The lowest BCUT2D eigenvalue weighted by Gasteiger charge is -2.31. The van der Waals surface area contributed by atoms with E-state index in [0.29, 0.717) is 35.0 Å². The number of carbonyl (C=O) groups is 1. The number of nitrogens with zero attached hydrogens (tertiary/aromatic N) is 1. The molecule has 1 N–H and O–H groups in total. The molecule has 1 atom stereocenters. The van der Waals surface area contributed by atoms with Gasteiger partial charge in [0.15, 0.2) is 0 Å². The first-order valence-corrected chi connectivity index (χ1v) is 11.4. The summed E-state index contributed by atoms with van der Waals surface area (Å²) in [6.07, 6.45) is 1.30. The van der Waals surface area contributed by atoms with E-state index in [-0.39, 0.29) is 24.1 Å². The van der Waals surface area contributed by atoms with Crippen LogP contribution in [0, 0.1) is 12.8 Å². The van der Waals surface area contributed by atoms with Crippen LogP contribution in [0.1, 0.15) is 24.0 Å². The molecule has 0 unspecified atom stereocenters. The normalized spacial score (nSPS) is 18.0. The maximum Gasteiger partial charge on any atom is 0.228 e. The Morgan fingerprint density at radius 1 is 1.21 bits per heavy atom. The maximum absolute atomic E-state index is 12.9. The highest BCUT2D eigenvalue weighted by atomic mass is 35.5. The molecule has 0 bridgehead atoms. The van der Waals surface area contributed by atoms with Crippen LogP contribution >= 0.6 is 23.2 Å². The Morgan fingerprint density at radius 2 is 2.00 bits per heavy atom. The number of hydrogen-bond acceptors (Lipinski definition) is 3. The van der Waals surface area contributed by atoms with Gasteiger partial charge >= 0.3 is 0 Å². The summed E-state index contributed by atoms with van der Waals surface area (Å²) < 4.78 is 27.1. The van der Waals surface area contributed by atoms with Gasteiger partial charge in [-0.2, -0.15) is 0 Å². The van der Waals surface area contributed by atoms with E-state index in [1.54, 1.807) is 12.1 Å². The lowest BCUT2D eigenvalue weighted by Crippen LogP contribution is -2.44. The number of amides is 1. The molecule has 28 heavy (non-hydrogen) atoms. The zero-order valence-corrected chi connectivity index (χ0v) is 17.8. The van der Waals surface area contributed by atoms with Gasteiger partial charge in [0.05, 0.1) is 11.7 Å². The van der Waals surface area contributed by atoms with E-state index in [9.17, 15) is 13.2 Å². The lowest BCUT2D eigenvalue weighted by molar-refractivity contribution is -0.120. The molecular formula is C20H22Cl2N2O3S. The average molecular weight is 441 g/mol. The SMILES string of the molecule is Cc1cccc(NC(=O)[C@@H]2CCCN(S(=O)(=O)Cc3ccc(Cl)cc3Cl)C2)c1. The summed E-state index contributed by atoms with van der Waals surface area (Å²) in [7, 11) is -3.59. The Balaban J connectivity index is 1.68. The minimum absolute atomic E-state index is 0.157. The van der Waals surface area contributed by atoms with Crippen LogP contribution in [0.25, 0.3) is 0 Å². The molecule has 0 aliphatic carbocycles. The summed E-state index contributed by atoms with van der Waals surface area (Å²) in [5.41, 5.74) is 2.26. The lowest BCUT2D eigenvalue weighted by atomic mass is 9.98. The van der Waals surface area contributed by atoms with Crippen LogP contribution in [-0.4, -0.2) is 31.7 Å². The number of anilines is 1. The summed E-state index contributed by atoms with van der Waals surface area (Å²) in [5.74, 6) is -0.755. The van der Waals surface area contributed by atoms with Gasteiger partial charge in [0.1, 0.15) is 0 Å². The van der Waals surface area contributed by atoms with Gasteiger partial charge in [0, 0.05) is 28.8 Å². The number of piperidine rings is 1. The van der Waals surface area contributed by atoms with Gasteiger partial charge in [0.25, 0.3) is 0 Å². The van der Waals surface area contributed by atoms with E-state index in [4.69, 9.17) is 23.2 Å². The Bertz CT molecular complexity index is 979. The van der Waals surface area contributed by atoms with Crippen molar-refractivity contribution in [3.63, 3.8) is 0 Å². The predicted octanol–water partition coefficient (Wildman–Crippen LogP) is 4.48. The number of aryl methyl sites for hydroxylation is 1. The molecule has 1 amide bonds. The predicted molar refractivity (Wildman–Crippen MR) is 113 cm³/mol. The van der Waals surface area contributed by atoms with Gasteiger partial charge in [-0.05, 0) is 55.2 Å². The van der Waals surface area contributed by atoms with E-state index in [1.165, 1.54) is 10.4 Å². The Kier molecular flexibility index (Phi) is 6.65. The van der Waals surface area contributed by atoms with E-state index in [1.807, 2.05) is 31.2 Å². The maximum atomic E-state index is 12.9. The fourth-order valence-corrected chi connectivity index (χ4v) is 5.50. The first-order valence-electron chi connectivity index (χ1n) is 9.04. The second kappa shape index (κ2) is 8.82. The number of halogens is 2. The van der Waals surface area contributed by atoms with Crippen LogP contribution in [0.2, 0.25) is 10.0 Å². The van der Waals surface area contributed by atoms with Crippen molar-refractivity contribution in [1.82, 2.24) is 4.31 Å². The van der Waals surface area contributed by atoms with E-state index >= 15 is 0 Å². The van der Waals surface area contributed by atoms with E-state index < -0.39 is 10.0 Å². The molecule has 1 fully saturated rings. The molecule has 150 valence electrons. The van der Waals surface area contributed by atoms with Crippen LogP contribution in [0.15, 0.2) is 42.5 Å². The number of benzene rings is 2. The second-order valence-electron chi connectivity index (χ2n) is 7.05. The van der Waals surface area contributed by atoms with Crippen LogP contribution in [-0.2, 0) is 20.6 Å². The standard InChI is InChI=1S/C20H22Cl2N2O3S/c1-14-4-2-6-18(10-14)23-20(25)15-5-3-9-24(12-15)28(26,27)13-16-7-8-17(21)11-19(16)22/h2,4,6-8,10-11,15H,3,5,9,12-13H2,1H3,(H,23,25)/t15-/m1/s1. The summed E-state index contributed by atoms with van der Waals surface area (Å²) in [6, 6.07) is 12.3. The molecule has 0 spiro atoms. The van der Waals surface area contributed by atoms with Crippen molar-refractivity contribution in [3.05, 3.63) is 63.6 Å². The molecule has 8 heteroatoms. The fraction of sp³-hybridized carbons (Fsp3) is 0.350. The zero-order valence-electron chi connectivity index (χ0n) is 15.5. The molecule has 0 aromatic heterocycles. The highest BCUT2D eigenvalue weighted by molar-refractivity contribution is 7.88. The average Bonchev–Trinajstić information content (AvgIpc) is 2.64. The fourth-order valence-electron chi connectivity index (χ4n) is 3.30. The number of rotatable bonds is 5. The van der Waals surface area contributed by atoms with Crippen molar-refractivity contribution in [2.24, 2.45) is 5.92 Å². The third-order valence-corrected chi connectivity index (χ3v) is 7.17. The highest BCUT2D eigenvalue weighted by Crippen LogP contribution is 2.27. The first-order chi connectivity index (χ1) is 13.2. The van der Waals surface area contributed by atoms with Crippen LogP contribution < -0.4 is 5.32 Å². The van der Waals surface area contributed by atoms with Gasteiger partial charge in [-0.25, -0.2) is 12.7 Å². The van der Waals surface area contributed by atoms with Gasteiger partial charge in [-0.15, -0.1) is 0 Å². The van der Waals surface area contributed by atoms with Crippen molar-refractivity contribution in [2.75, 3.05) is 18.4 Å². The van der Waals surface area contributed by atoms with Gasteiger partial charge in [-0.1, -0.05) is 41.4 Å². The third-order valence-electron chi connectivity index (χ3n) is 4.79. The van der Waals surface area contributed by atoms with Crippen molar-refractivity contribution in [1.29, 1.82) is 0 Å². The molecule has 3 rings (SSSR count). The Hall–Kier alpha value is -1.60. The molecule has 1 saturated heterocycles. The molecule has 0 saturated carbocycles. The Labute approximate surface area is 175 Å². The largest absolute Gasteiger partial charge is 0.326 e. The van der Waals surface area contributed by atoms with Crippen LogP contribution in [0.5, 0.6) is 0 Å². The minimum atomic E-state index is -3.59. The van der Waals surface area contributed by atoms with E-state index in [0.717, 1.165) is 11.3 Å². The first kappa shape index (κ1) is 21.1. The molecule has 2 aromatic carbocycles. The van der Waals surface area contributed by atoms with Gasteiger partial charge in [0.2, 0.25) is 15.9 Å². The molecule has 5 nitrogen and oxygen atoms in total. The number of hydrogen-bond donors (Lipinski definition) is 1. The molecule has 1 aliphatic rings.